The van der Waals surface area contributed by atoms with Crippen LogP contribution in [0.2, 0.25) is 0 Å². The van der Waals surface area contributed by atoms with Gasteiger partial charge >= 0.3 is 5.97 Å². The number of likely N-dealkylation sites (N-methyl/N-ethyl adjacent to an activating group) is 1. The lowest BCUT2D eigenvalue weighted by atomic mass is 10.1. The minimum absolute atomic E-state index is 0.174. The van der Waals surface area contributed by atoms with E-state index >= 15 is 0 Å². The molecular formula is C16H18N2O5S. The van der Waals surface area contributed by atoms with Crippen LogP contribution in [0.4, 0.5) is 0 Å². The van der Waals surface area contributed by atoms with Crippen LogP contribution in [-0.4, -0.2) is 49.3 Å². The van der Waals surface area contributed by atoms with Crippen molar-refractivity contribution in [2.75, 3.05) is 27.4 Å². The third-order valence-electron chi connectivity index (χ3n) is 3.35. The first-order valence-corrected chi connectivity index (χ1v) is 7.63. The Bertz CT molecular complexity index is 702. The molecule has 1 fully saturated rings. The molecule has 128 valence electrons. The van der Waals surface area contributed by atoms with Crippen molar-refractivity contribution in [3.8, 4) is 11.5 Å². The van der Waals surface area contributed by atoms with Crippen molar-refractivity contribution in [2.24, 2.45) is 0 Å². The van der Waals surface area contributed by atoms with E-state index in [2.05, 4.69) is 10.1 Å². The Morgan fingerprint density at radius 3 is 2.67 bits per heavy atom. The molecule has 1 heterocycles. The van der Waals surface area contributed by atoms with Crippen LogP contribution in [0, 0.1) is 0 Å². The monoisotopic (exact) mass is 350 g/mol. The van der Waals surface area contributed by atoms with E-state index in [1.807, 2.05) is 6.92 Å². The summed E-state index contributed by atoms with van der Waals surface area (Å²) in [6.07, 6.45) is 1.68. The second-order valence-electron chi connectivity index (χ2n) is 4.81. The highest BCUT2D eigenvalue weighted by Gasteiger charge is 2.29. The molecule has 0 saturated carbocycles. The van der Waals surface area contributed by atoms with Gasteiger partial charge in [-0.25, -0.2) is 4.79 Å². The zero-order valence-electron chi connectivity index (χ0n) is 13.6. The second kappa shape index (κ2) is 7.78. The normalized spacial score (nSPS) is 15.5. The van der Waals surface area contributed by atoms with Crippen LogP contribution in [0.5, 0.6) is 11.5 Å². The molecule has 0 spiro atoms. The lowest BCUT2D eigenvalue weighted by molar-refractivity contribution is -0.142. The molecule has 0 aliphatic carbocycles. The van der Waals surface area contributed by atoms with Crippen molar-refractivity contribution in [1.82, 2.24) is 10.2 Å². The summed E-state index contributed by atoms with van der Waals surface area (Å²) in [4.78, 5) is 24.8. The van der Waals surface area contributed by atoms with E-state index in [0.29, 0.717) is 28.9 Å². The highest BCUT2D eigenvalue weighted by atomic mass is 32.1. The van der Waals surface area contributed by atoms with E-state index in [0.717, 1.165) is 5.56 Å². The predicted octanol–water partition coefficient (Wildman–Crippen LogP) is 1.32. The maximum absolute atomic E-state index is 12.2. The fraction of sp³-hybridized carbons (Fsp3) is 0.312. The quantitative estimate of drug-likeness (QED) is 0.471. The average molecular weight is 350 g/mol. The SMILES string of the molecule is CCN1C(=O)C(=Cc2ccc(OCC(=O)OC)c(OC)c2)NC1=S. The van der Waals surface area contributed by atoms with Crippen LogP contribution in [0.15, 0.2) is 23.9 Å². The number of hydrogen-bond acceptors (Lipinski definition) is 6. The standard InChI is InChI=1S/C16H18N2O5S/c1-4-18-15(20)11(17-16(18)24)7-10-5-6-12(13(8-10)21-2)23-9-14(19)22-3/h5-8H,4,9H2,1-3H3,(H,17,24). The van der Waals surface area contributed by atoms with Gasteiger partial charge in [0.1, 0.15) is 5.70 Å². The number of carbonyl (C=O) groups is 2. The van der Waals surface area contributed by atoms with Gasteiger partial charge in [-0.1, -0.05) is 6.07 Å². The molecule has 8 heteroatoms. The van der Waals surface area contributed by atoms with Crippen molar-refractivity contribution in [2.45, 2.75) is 6.92 Å². The third-order valence-corrected chi connectivity index (χ3v) is 3.67. The van der Waals surface area contributed by atoms with Gasteiger partial charge in [0.15, 0.2) is 23.2 Å². The molecule has 7 nitrogen and oxygen atoms in total. The fourth-order valence-corrected chi connectivity index (χ4v) is 2.44. The van der Waals surface area contributed by atoms with E-state index in [-0.39, 0.29) is 12.5 Å². The molecule has 0 atom stereocenters. The summed E-state index contributed by atoms with van der Waals surface area (Å²) in [5, 5.41) is 3.28. The van der Waals surface area contributed by atoms with Gasteiger partial charge in [0.25, 0.3) is 5.91 Å². The molecule has 1 aromatic carbocycles. The summed E-state index contributed by atoms with van der Waals surface area (Å²) in [6.45, 7) is 2.14. The number of carbonyl (C=O) groups excluding carboxylic acids is 2. The highest BCUT2D eigenvalue weighted by Crippen LogP contribution is 2.29. The van der Waals surface area contributed by atoms with Gasteiger partial charge in [0.05, 0.1) is 14.2 Å². The van der Waals surface area contributed by atoms with Crippen LogP contribution in [0.1, 0.15) is 12.5 Å². The van der Waals surface area contributed by atoms with Crippen LogP contribution in [0.3, 0.4) is 0 Å². The largest absolute Gasteiger partial charge is 0.493 e. The number of thiocarbonyl (C=S) groups is 1. The van der Waals surface area contributed by atoms with Crippen LogP contribution in [0.25, 0.3) is 6.08 Å². The summed E-state index contributed by atoms with van der Waals surface area (Å²) in [5.74, 6) is 0.180. The first kappa shape index (κ1) is 17.7. The number of amides is 1. The third kappa shape index (κ3) is 3.83. The first-order valence-electron chi connectivity index (χ1n) is 7.22. The Hall–Kier alpha value is -2.61. The number of esters is 1. The summed E-state index contributed by atoms with van der Waals surface area (Å²) in [6, 6.07) is 5.10. The van der Waals surface area contributed by atoms with Gasteiger partial charge in [-0.2, -0.15) is 0 Å². The number of ether oxygens (including phenoxy) is 3. The van der Waals surface area contributed by atoms with Crippen molar-refractivity contribution in [1.29, 1.82) is 0 Å². The van der Waals surface area contributed by atoms with E-state index < -0.39 is 5.97 Å². The van der Waals surface area contributed by atoms with Crippen molar-refractivity contribution < 1.29 is 23.8 Å². The fourth-order valence-electron chi connectivity index (χ4n) is 2.11. The molecule has 1 saturated heterocycles. The molecule has 0 radical (unpaired) electrons. The number of methoxy groups -OCH3 is 2. The molecule has 1 aliphatic heterocycles. The van der Waals surface area contributed by atoms with Gasteiger partial charge in [0, 0.05) is 6.54 Å². The average Bonchev–Trinajstić information content (AvgIpc) is 2.86. The highest BCUT2D eigenvalue weighted by molar-refractivity contribution is 7.80. The maximum Gasteiger partial charge on any atom is 0.343 e. The Morgan fingerprint density at radius 1 is 1.33 bits per heavy atom. The summed E-state index contributed by atoms with van der Waals surface area (Å²) < 4.78 is 15.1. The number of nitrogens with one attached hydrogen (secondary N) is 1. The Morgan fingerprint density at radius 2 is 2.08 bits per heavy atom. The van der Waals surface area contributed by atoms with Gasteiger partial charge in [-0.15, -0.1) is 0 Å². The van der Waals surface area contributed by atoms with Crippen molar-refractivity contribution in [3.63, 3.8) is 0 Å². The van der Waals surface area contributed by atoms with E-state index in [9.17, 15) is 9.59 Å². The molecule has 1 N–H and O–H groups in total. The Labute approximate surface area is 145 Å². The summed E-state index contributed by atoms with van der Waals surface area (Å²) in [5.41, 5.74) is 1.13. The maximum atomic E-state index is 12.2. The second-order valence-corrected chi connectivity index (χ2v) is 5.20. The van der Waals surface area contributed by atoms with E-state index in [1.165, 1.54) is 19.1 Å². The molecule has 0 bridgehead atoms. The van der Waals surface area contributed by atoms with Gasteiger partial charge < -0.3 is 19.5 Å². The zero-order valence-corrected chi connectivity index (χ0v) is 14.4. The lowest BCUT2D eigenvalue weighted by Gasteiger charge is -2.10. The Balaban J connectivity index is 2.21. The van der Waals surface area contributed by atoms with Gasteiger partial charge in [0.2, 0.25) is 0 Å². The van der Waals surface area contributed by atoms with Crippen molar-refractivity contribution in [3.05, 3.63) is 29.5 Å². The number of benzene rings is 1. The van der Waals surface area contributed by atoms with E-state index in [4.69, 9.17) is 21.7 Å². The molecule has 0 aromatic heterocycles. The number of nitrogens with zero attached hydrogens (tertiary/aromatic N) is 1. The summed E-state index contributed by atoms with van der Waals surface area (Å²) in [7, 11) is 2.78. The van der Waals surface area contributed by atoms with E-state index in [1.54, 1.807) is 24.3 Å². The number of rotatable bonds is 6. The van der Waals surface area contributed by atoms with Gasteiger partial charge in [-0.05, 0) is 42.9 Å². The van der Waals surface area contributed by atoms with Crippen LogP contribution in [-0.2, 0) is 14.3 Å². The van der Waals surface area contributed by atoms with Crippen LogP contribution >= 0.6 is 12.2 Å². The van der Waals surface area contributed by atoms with Crippen molar-refractivity contribution >= 4 is 35.3 Å². The molecule has 1 amide bonds. The zero-order chi connectivity index (χ0) is 17.7. The first-order chi connectivity index (χ1) is 11.5. The topological polar surface area (TPSA) is 77.1 Å². The number of hydrogen-bond donors (Lipinski definition) is 1. The lowest BCUT2D eigenvalue weighted by Crippen LogP contribution is -2.30. The predicted molar refractivity (Wildman–Crippen MR) is 91.6 cm³/mol. The summed E-state index contributed by atoms with van der Waals surface area (Å²) >= 11 is 5.11. The smallest absolute Gasteiger partial charge is 0.343 e. The molecule has 1 aliphatic rings. The molecule has 1 aromatic rings. The Kier molecular flexibility index (Phi) is 5.75. The molecule has 24 heavy (non-hydrogen) atoms. The van der Waals surface area contributed by atoms with Crippen LogP contribution < -0.4 is 14.8 Å². The minimum Gasteiger partial charge on any atom is -0.493 e. The molecule has 2 rings (SSSR count). The van der Waals surface area contributed by atoms with Gasteiger partial charge in [-0.3, -0.25) is 9.69 Å². The molecule has 0 unspecified atom stereocenters. The minimum atomic E-state index is -0.489. The molecular weight excluding hydrogens is 332 g/mol.